The van der Waals surface area contributed by atoms with Gasteiger partial charge in [0.2, 0.25) is 0 Å². The number of halogens is 1. The number of urea groups is 1. The molecule has 6 nitrogen and oxygen atoms in total. The first-order valence-electron chi connectivity index (χ1n) is 6.77. The second-order valence-corrected chi connectivity index (χ2v) is 5.10. The molecule has 2 N–H and O–H groups in total. The van der Waals surface area contributed by atoms with Crippen molar-refractivity contribution < 1.29 is 18.8 Å². The second kappa shape index (κ2) is 5.16. The average molecular weight is 291 g/mol. The molecule has 3 rings (SSSR count). The van der Waals surface area contributed by atoms with E-state index >= 15 is 0 Å². The van der Waals surface area contributed by atoms with E-state index < -0.39 is 17.6 Å². The van der Waals surface area contributed by atoms with E-state index in [1.807, 2.05) is 0 Å². The molecule has 0 unspecified atom stereocenters. The van der Waals surface area contributed by atoms with Crippen molar-refractivity contribution in [3.63, 3.8) is 0 Å². The Morgan fingerprint density at radius 1 is 1.29 bits per heavy atom. The molecule has 4 amide bonds. The summed E-state index contributed by atoms with van der Waals surface area (Å²) in [6, 6.07) is 3.88. The number of imide groups is 1. The third kappa shape index (κ3) is 2.58. The van der Waals surface area contributed by atoms with Gasteiger partial charge in [0.25, 0.3) is 11.8 Å². The van der Waals surface area contributed by atoms with Gasteiger partial charge >= 0.3 is 6.03 Å². The van der Waals surface area contributed by atoms with E-state index in [0.717, 1.165) is 23.8 Å². The largest absolute Gasteiger partial charge is 0.336 e. The van der Waals surface area contributed by atoms with E-state index in [2.05, 4.69) is 10.6 Å². The van der Waals surface area contributed by atoms with Crippen LogP contribution < -0.4 is 10.6 Å². The zero-order valence-electron chi connectivity index (χ0n) is 11.2. The molecule has 1 aromatic carbocycles. The van der Waals surface area contributed by atoms with Crippen LogP contribution in [0.2, 0.25) is 0 Å². The molecule has 1 heterocycles. The quantitative estimate of drug-likeness (QED) is 0.808. The van der Waals surface area contributed by atoms with Gasteiger partial charge in [-0.25, -0.2) is 9.18 Å². The Labute approximate surface area is 120 Å². The van der Waals surface area contributed by atoms with Gasteiger partial charge in [0.05, 0.1) is 11.1 Å². The summed E-state index contributed by atoms with van der Waals surface area (Å²) in [6.45, 7) is 0.148. The Hall–Kier alpha value is -2.44. The van der Waals surface area contributed by atoms with Crippen LogP contribution in [0.5, 0.6) is 0 Å². The van der Waals surface area contributed by atoms with Gasteiger partial charge in [-0.15, -0.1) is 0 Å². The van der Waals surface area contributed by atoms with Crippen molar-refractivity contribution in [3.05, 3.63) is 35.1 Å². The van der Waals surface area contributed by atoms with Crippen LogP contribution in [-0.4, -0.2) is 41.9 Å². The molecule has 7 heteroatoms. The Morgan fingerprint density at radius 3 is 2.71 bits per heavy atom. The van der Waals surface area contributed by atoms with Crippen LogP contribution in [0.4, 0.5) is 9.18 Å². The zero-order chi connectivity index (χ0) is 15.0. The number of nitrogens with one attached hydrogen (secondary N) is 2. The van der Waals surface area contributed by atoms with Crippen LogP contribution in [0.3, 0.4) is 0 Å². The van der Waals surface area contributed by atoms with E-state index in [-0.39, 0.29) is 36.3 Å². The lowest BCUT2D eigenvalue weighted by atomic mass is 10.1. The molecular weight excluding hydrogens is 277 g/mol. The summed E-state index contributed by atoms with van der Waals surface area (Å²) in [5.74, 6) is -1.89. The summed E-state index contributed by atoms with van der Waals surface area (Å²) in [4.78, 5) is 36.4. The average Bonchev–Trinajstić information content (AvgIpc) is 3.21. The van der Waals surface area contributed by atoms with Crippen LogP contribution >= 0.6 is 0 Å². The van der Waals surface area contributed by atoms with Gasteiger partial charge in [-0.2, -0.15) is 0 Å². The first-order valence-corrected chi connectivity index (χ1v) is 6.77. The summed E-state index contributed by atoms with van der Waals surface area (Å²) in [5, 5.41) is 5.30. The molecule has 0 bridgehead atoms. The number of benzene rings is 1. The van der Waals surface area contributed by atoms with Gasteiger partial charge in [-0.05, 0) is 25.0 Å². The highest BCUT2D eigenvalue weighted by molar-refractivity contribution is 6.21. The standard InChI is InChI=1S/C14H14FN3O3/c15-10-3-1-2-9-11(10)13(20)18(12(9)19)7-6-16-14(21)17-8-4-5-8/h1-3,8H,4-7H2,(H2,16,17,21). The molecule has 0 spiro atoms. The number of fused-ring (bicyclic) bond motifs is 1. The molecular formula is C14H14FN3O3. The molecule has 0 saturated heterocycles. The predicted octanol–water partition coefficient (Wildman–Crippen LogP) is 0.883. The smallest absolute Gasteiger partial charge is 0.315 e. The summed E-state index contributed by atoms with van der Waals surface area (Å²) in [5.41, 5.74) is -0.118. The summed E-state index contributed by atoms with van der Waals surface area (Å²) < 4.78 is 13.6. The van der Waals surface area contributed by atoms with Crippen molar-refractivity contribution in [2.24, 2.45) is 0 Å². The van der Waals surface area contributed by atoms with Crippen LogP contribution in [0, 0.1) is 5.82 Å². The third-order valence-electron chi connectivity index (χ3n) is 3.48. The minimum atomic E-state index is -0.701. The minimum Gasteiger partial charge on any atom is -0.336 e. The molecule has 1 saturated carbocycles. The van der Waals surface area contributed by atoms with Gasteiger partial charge in [0, 0.05) is 19.1 Å². The fourth-order valence-electron chi connectivity index (χ4n) is 2.24. The van der Waals surface area contributed by atoms with Crippen molar-refractivity contribution in [2.45, 2.75) is 18.9 Å². The SMILES string of the molecule is O=C(NCCN1C(=O)c2cccc(F)c2C1=O)NC1CC1. The van der Waals surface area contributed by atoms with Crippen molar-refractivity contribution in [3.8, 4) is 0 Å². The summed E-state index contributed by atoms with van der Waals surface area (Å²) >= 11 is 0. The lowest BCUT2D eigenvalue weighted by Gasteiger charge is -2.14. The van der Waals surface area contributed by atoms with E-state index in [9.17, 15) is 18.8 Å². The molecule has 1 aliphatic carbocycles. The highest BCUT2D eigenvalue weighted by Gasteiger charge is 2.37. The highest BCUT2D eigenvalue weighted by atomic mass is 19.1. The van der Waals surface area contributed by atoms with Crippen LogP contribution in [0.25, 0.3) is 0 Å². The Kier molecular flexibility index (Phi) is 3.32. The second-order valence-electron chi connectivity index (χ2n) is 5.10. The van der Waals surface area contributed by atoms with Gasteiger partial charge in [0.1, 0.15) is 5.82 Å². The van der Waals surface area contributed by atoms with Gasteiger partial charge in [-0.1, -0.05) is 6.07 Å². The van der Waals surface area contributed by atoms with Gasteiger partial charge in [0.15, 0.2) is 0 Å². The number of hydrogen-bond acceptors (Lipinski definition) is 3. The van der Waals surface area contributed by atoms with Crippen LogP contribution in [-0.2, 0) is 0 Å². The Balaban J connectivity index is 1.59. The summed E-state index contributed by atoms with van der Waals surface area (Å²) in [7, 11) is 0. The number of amides is 4. The van der Waals surface area contributed by atoms with Crippen molar-refractivity contribution >= 4 is 17.8 Å². The van der Waals surface area contributed by atoms with Gasteiger partial charge < -0.3 is 10.6 Å². The number of rotatable bonds is 4. The van der Waals surface area contributed by atoms with Crippen LogP contribution in [0.15, 0.2) is 18.2 Å². The maximum atomic E-state index is 13.6. The maximum absolute atomic E-state index is 13.6. The lowest BCUT2D eigenvalue weighted by Crippen LogP contribution is -2.42. The fourth-order valence-corrected chi connectivity index (χ4v) is 2.24. The first-order chi connectivity index (χ1) is 10.1. The number of nitrogens with zero attached hydrogens (tertiary/aromatic N) is 1. The van der Waals surface area contributed by atoms with E-state index in [0.29, 0.717) is 0 Å². The van der Waals surface area contributed by atoms with Crippen molar-refractivity contribution in [1.29, 1.82) is 0 Å². The molecule has 21 heavy (non-hydrogen) atoms. The number of carbonyl (C=O) groups is 3. The molecule has 1 fully saturated rings. The van der Waals surface area contributed by atoms with E-state index in [1.54, 1.807) is 0 Å². The summed E-state index contributed by atoms with van der Waals surface area (Å²) in [6.07, 6.45) is 1.95. The van der Waals surface area contributed by atoms with E-state index in [1.165, 1.54) is 12.1 Å². The van der Waals surface area contributed by atoms with Crippen molar-refractivity contribution in [2.75, 3.05) is 13.1 Å². The van der Waals surface area contributed by atoms with Crippen LogP contribution in [0.1, 0.15) is 33.6 Å². The van der Waals surface area contributed by atoms with Crippen molar-refractivity contribution in [1.82, 2.24) is 15.5 Å². The molecule has 110 valence electrons. The molecule has 1 aromatic rings. The molecule has 2 aliphatic rings. The Morgan fingerprint density at radius 2 is 2.05 bits per heavy atom. The topological polar surface area (TPSA) is 78.5 Å². The monoisotopic (exact) mass is 291 g/mol. The third-order valence-corrected chi connectivity index (χ3v) is 3.48. The molecule has 0 aromatic heterocycles. The lowest BCUT2D eigenvalue weighted by molar-refractivity contribution is 0.0654. The maximum Gasteiger partial charge on any atom is 0.315 e. The first kappa shape index (κ1) is 13.5. The Bertz CT molecular complexity index is 628. The highest BCUT2D eigenvalue weighted by Crippen LogP contribution is 2.24. The minimum absolute atomic E-state index is 0.0177. The molecule has 1 aliphatic heterocycles. The normalized spacial score (nSPS) is 16.9. The molecule has 0 atom stereocenters. The predicted molar refractivity (Wildman–Crippen MR) is 71.3 cm³/mol. The van der Waals surface area contributed by atoms with Gasteiger partial charge in [-0.3, -0.25) is 14.5 Å². The molecule has 0 radical (unpaired) electrons. The van der Waals surface area contributed by atoms with E-state index in [4.69, 9.17) is 0 Å². The number of carbonyl (C=O) groups excluding carboxylic acids is 3. The number of hydrogen-bond donors (Lipinski definition) is 2. The fraction of sp³-hybridized carbons (Fsp3) is 0.357. The zero-order valence-corrected chi connectivity index (χ0v) is 11.2.